The minimum Gasteiger partial charge on any atom is -0.478 e. The molecule has 3 nitrogen and oxygen atoms in total. The Kier molecular flexibility index (Phi) is 3.25. The Bertz CT molecular complexity index is 576. The molecule has 3 rings (SSSR count). The van der Waals surface area contributed by atoms with E-state index in [0.717, 1.165) is 25.1 Å². The second-order valence-corrected chi connectivity index (χ2v) is 5.59. The molecule has 1 aromatic heterocycles. The number of thiophene rings is 1. The minimum absolute atomic E-state index is 0.393. The normalized spacial score (nSPS) is 14.3. The predicted octanol–water partition coefficient (Wildman–Crippen LogP) is 3.62. The summed E-state index contributed by atoms with van der Waals surface area (Å²) in [5.41, 5.74) is 2.48. The van der Waals surface area contributed by atoms with Crippen molar-refractivity contribution in [2.75, 3.05) is 4.90 Å². The van der Waals surface area contributed by atoms with E-state index in [1.165, 1.54) is 5.56 Å². The quantitative estimate of drug-likeness (QED) is 0.904. The van der Waals surface area contributed by atoms with Crippen LogP contribution in [0.3, 0.4) is 0 Å². The molecule has 19 heavy (non-hydrogen) atoms. The summed E-state index contributed by atoms with van der Waals surface area (Å²) in [4.78, 5) is 13.6. The van der Waals surface area contributed by atoms with Gasteiger partial charge in [0.1, 0.15) is 0 Å². The molecule has 1 heterocycles. The lowest BCUT2D eigenvalue weighted by molar-refractivity contribution is 0.0697. The van der Waals surface area contributed by atoms with Crippen molar-refractivity contribution in [3.05, 3.63) is 52.2 Å². The lowest BCUT2D eigenvalue weighted by Crippen LogP contribution is -2.26. The summed E-state index contributed by atoms with van der Waals surface area (Å²) in [5.74, 6) is -0.855. The molecule has 0 atom stereocenters. The van der Waals surface area contributed by atoms with Gasteiger partial charge >= 0.3 is 5.97 Å². The number of anilines is 1. The summed E-state index contributed by atoms with van der Waals surface area (Å²) in [7, 11) is 0. The number of hydrogen-bond acceptors (Lipinski definition) is 3. The Morgan fingerprint density at radius 3 is 2.74 bits per heavy atom. The molecule has 0 spiro atoms. The first-order valence-corrected chi connectivity index (χ1v) is 7.30. The average Bonchev–Trinajstić information content (AvgIpc) is 3.13. The van der Waals surface area contributed by atoms with Crippen LogP contribution in [0.2, 0.25) is 0 Å². The van der Waals surface area contributed by atoms with Gasteiger partial charge in [-0.15, -0.1) is 0 Å². The Morgan fingerprint density at radius 2 is 2.11 bits per heavy atom. The van der Waals surface area contributed by atoms with Crippen LogP contribution in [0.25, 0.3) is 0 Å². The largest absolute Gasteiger partial charge is 0.478 e. The van der Waals surface area contributed by atoms with Gasteiger partial charge in [-0.1, -0.05) is 12.1 Å². The van der Waals surface area contributed by atoms with Crippen molar-refractivity contribution in [2.24, 2.45) is 0 Å². The zero-order chi connectivity index (χ0) is 13.2. The van der Waals surface area contributed by atoms with E-state index in [1.807, 2.05) is 12.1 Å². The smallest absolute Gasteiger partial charge is 0.337 e. The van der Waals surface area contributed by atoms with Crippen molar-refractivity contribution in [2.45, 2.75) is 25.4 Å². The summed E-state index contributed by atoms with van der Waals surface area (Å²) in [5, 5.41) is 13.5. The lowest BCUT2D eigenvalue weighted by atomic mass is 10.1. The van der Waals surface area contributed by atoms with Crippen LogP contribution in [-0.2, 0) is 6.54 Å². The third-order valence-corrected chi connectivity index (χ3v) is 4.10. The maximum absolute atomic E-state index is 11.3. The highest BCUT2D eigenvalue weighted by molar-refractivity contribution is 7.07. The number of benzene rings is 1. The van der Waals surface area contributed by atoms with Gasteiger partial charge in [-0.2, -0.15) is 11.3 Å². The van der Waals surface area contributed by atoms with E-state index < -0.39 is 5.97 Å². The molecular weight excluding hydrogens is 258 g/mol. The summed E-state index contributed by atoms with van der Waals surface area (Å²) in [6.45, 7) is 0.790. The molecule has 1 aromatic carbocycles. The molecule has 0 radical (unpaired) electrons. The van der Waals surface area contributed by atoms with Crippen molar-refractivity contribution >= 4 is 23.0 Å². The maximum Gasteiger partial charge on any atom is 0.337 e. The van der Waals surface area contributed by atoms with Crippen molar-refractivity contribution < 1.29 is 9.90 Å². The Morgan fingerprint density at radius 1 is 1.32 bits per heavy atom. The average molecular weight is 273 g/mol. The van der Waals surface area contributed by atoms with Crippen LogP contribution in [0.4, 0.5) is 5.69 Å². The number of hydrogen-bond donors (Lipinski definition) is 1. The van der Waals surface area contributed by atoms with E-state index in [1.54, 1.807) is 23.5 Å². The lowest BCUT2D eigenvalue weighted by Gasteiger charge is -2.25. The molecule has 0 bridgehead atoms. The third kappa shape index (κ3) is 2.63. The summed E-state index contributed by atoms with van der Waals surface area (Å²) >= 11 is 1.68. The fourth-order valence-corrected chi connectivity index (χ4v) is 2.94. The van der Waals surface area contributed by atoms with Crippen molar-refractivity contribution in [3.63, 3.8) is 0 Å². The standard InChI is InChI=1S/C15H15NO2S/c17-15(18)13-3-1-2-4-14(13)16(12-5-6-12)9-11-7-8-19-10-11/h1-4,7-8,10,12H,5-6,9H2,(H,17,18). The predicted molar refractivity (Wildman–Crippen MR) is 76.9 cm³/mol. The van der Waals surface area contributed by atoms with Crippen LogP contribution in [0.1, 0.15) is 28.8 Å². The Balaban J connectivity index is 1.94. The molecule has 98 valence electrons. The number of carbonyl (C=O) groups is 1. The topological polar surface area (TPSA) is 40.5 Å². The highest BCUT2D eigenvalue weighted by atomic mass is 32.1. The van der Waals surface area contributed by atoms with Crippen LogP contribution in [0, 0.1) is 0 Å². The van der Waals surface area contributed by atoms with Crippen LogP contribution in [0.5, 0.6) is 0 Å². The molecule has 1 fully saturated rings. The summed E-state index contributed by atoms with van der Waals surface area (Å²) in [6.07, 6.45) is 2.30. The Labute approximate surface area is 116 Å². The molecule has 1 aliphatic rings. The van der Waals surface area contributed by atoms with E-state index in [0.29, 0.717) is 11.6 Å². The molecule has 0 amide bonds. The third-order valence-electron chi connectivity index (χ3n) is 3.36. The first-order chi connectivity index (χ1) is 9.25. The van der Waals surface area contributed by atoms with Crippen LogP contribution < -0.4 is 4.90 Å². The molecule has 0 unspecified atom stereocenters. The van der Waals surface area contributed by atoms with Gasteiger partial charge in [0, 0.05) is 12.6 Å². The first kappa shape index (κ1) is 12.2. The van der Waals surface area contributed by atoms with Gasteiger partial charge in [0.25, 0.3) is 0 Å². The molecule has 0 aliphatic heterocycles. The molecule has 0 saturated heterocycles. The number of para-hydroxylation sites is 1. The van der Waals surface area contributed by atoms with Gasteiger partial charge in [-0.3, -0.25) is 0 Å². The second-order valence-electron chi connectivity index (χ2n) is 4.81. The Hall–Kier alpha value is -1.81. The van der Waals surface area contributed by atoms with E-state index in [4.69, 9.17) is 0 Å². The molecule has 1 aliphatic carbocycles. The number of rotatable bonds is 5. The molecular formula is C15H15NO2S. The summed E-state index contributed by atoms with van der Waals surface area (Å²) in [6, 6.07) is 9.87. The SMILES string of the molecule is O=C(O)c1ccccc1N(Cc1ccsc1)C1CC1. The number of carboxylic acid groups (broad SMARTS) is 1. The molecule has 2 aromatic rings. The highest BCUT2D eigenvalue weighted by Gasteiger charge is 2.31. The minimum atomic E-state index is -0.855. The second kappa shape index (κ2) is 5.05. The van der Waals surface area contributed by atoms with Gasteiger partial charge in [-0.25, -0.2) is 4.79 Å². The zero-order valence-corrected chi connectivity index (χ0v) is 11.3. The van der Waals surface area contributed by atoms with Crippen molar-refractivity contribution in [3.8, 4) is 0 Å². The number of aromatic carboxylic acids is 1. The van der Waals surface area contributed by atoms with Gasteiger partial charge < -0.3 is 10.0 Å². The van der Waals surface area contributed by atoms with E-state index in [2.05, 4.69) is 21.7 Å². The number of nitrogens with zero attached hydrogens (tertiary/aromatic N) is 1. The van der Waals surface area contributed by atoms with Gasteiger partial charge in [0.15, 0.2) is 0 Å². The van der Waals surface area contributed by atoms with Gasteiger partial charge in [0.05, 0.1) is 11.3 Å². The van der Waals surface area contributed by atoms with E-state index in [-0.39, 0.29) is 0 Å². The number of carboxylic acids is 1. The van der Waals surface area contributed by atoms with Crippen LogP contribution in [-0.4, -0.2) is 17.1 Å². The van der Waals surface area contributed by atoms with Gasteiger partial charge in [-0.05, 0) is 47.4 Å². The summed E-state index contributed by atoms with van der Waals surface area (Å²) < 4.78 is 0. The van der Waals surface area contributed by atoms with Crippen molar-refractivity contribution in [1.82, 2.24) is 0 Å². The fourth-order valence-electron chi connectivity index (χ4n) is 2.28. The highest BCUT2D eigenvalue weighted by Crippen LogP contribution is 2.35. The monoisotopic (exact) mass is 273 g/mol. The van der Waals surface area contributed by atoms with Crippen LogP contribution in [0.15, 0.2) is 41.1 Å². The van der Waals surface area contributed by atoms with Crippen molar-refractivity contribution in [1.29, 1.82) is 0 Å². The maximum atomic E-state index is 11.3. The van der Waals surface area contributed by atoms with Crippen LogP contribution >= 0.6 is 11.3 Å². The van der Waals surface area contributed by atoms with E-state index >= 15 is 0 Å². The fraction of sp³-hybridized carbons (Fsp3) is 0.267. The first-order valence-electron chi connectivity index (χ1n) is 6.36. The molecule has 4 heteroatoms. The zero-order valence-electron chi connectivity index (χ0n) is 10.5. The molecule has 1 saturated carbocycles. The molecule has 1 N–H and O–H groups in total. The van der Waals surface area contributed by atoms with E-state index in [9.17, 15) is 9.90 Å². The van der Waals surface area contributed by atoms with Gasteiger partial charge in [0.2, 0.25) is 0 Å².